The standard InChI is InChI=1S/2C24H40O2.Mg/c2*1-2-22(23-19-15-13-16-20-23)18-14-11-9-7-5-3-4-6-8-10-12-17-21-24(25)26;/h2*13,15-16,19-20,22H,2-12,14,17-18,21H2,1H3,(H,25,26);/q;;+2/p-2. The first kappa shape index (κ1) is 51.1. The Morgan fingerprint density at radius 3 is 0.849 bits per heavy atom. The molecular formula is C48H78MgO4. The molecule has 2 rings (SSSR count). The fourth-order valence-electron chi connectivity index (χ4n) is 7.52. The Bertz CT molecular complexity index is 974. The van der Waals surface area contributed by atoms with Crippen LogP contribution in [0.2, 0.25) is 0 Å². The van der Waals surface area contributed by atoms with Crippen LogP contribution in [0.3, 0.4) is 0 Å². The summed E-state index contributed by atoms with van der Waals surface area (Å²) >= 11 is 0. The van der Waals surface area contributed by atoms with Crippen LogP contribution >= 0.6 is 0 Å². The number of carboxylic acid groups (broad SMARTS) is 2. The predicted molar refractivity (Wildman–Crippen MR) is 224 cm³/mol. The summed E-state index contributed by atoms with van der Waals surface area (Å²) < 4.78 is 0. The summed E-state index contributed by atoms with van der Waals surface area (Å²) in [7, 11) is 0. The molecule has 0 fully saturated rings. The van der Waals surface area contributed by atoms with Gasteiger partial charge >= 0.3 is 23.1 Å². The molecule has 2 aromatic rings. The number of aliphatic carboxylic acids is 2. The zero-order valence-electron chi connectivity index (χ0n) is 34.5. The maximum Gasteiger partial charge on any atom is 2.00 e. The van der Waals surface area contributed by atoms with Gasteiger partial charge in [-0.15, -0.1) is 0 Å². The summed E-state index contributed by atoms with van der Waals surface area (Å²) in [6.45, 7) is 4.61. The number of benzene rings is 2. The molecule has 0 heterocycles. The molecule has 0 amide bonds. The number of carbonyl (C=O) groups excluding carboxylic acids is 2. The largest absolute Gasteiger partial charge is 2.00 e. The summed E-state index contributed by atoms with van der Waals surface area (Å²) in [6, 6.07) is 21.9. The molecule has 0 aromatic heterocycles. The summed E-state index contributed by atoms with van der Waals surface area (Å²) in [6.07, 6.45) is 35.9. The first-order valence-corrected chi connectivity index (χ1v) is 22.0. The molecule has 2 aromatic carbocycles. The molecule has 0 aliphatic heterocycles. The van der Waals surface area contributed by atoms with Crippen molar-refractivity contribution >= 4 is 35.0 Å². The van der Waals surface area contributed by atoms with E-state index in [1.54, 1.807) is 0 Å². The topological polar surface area (TPSA) is 80.3 Å². The van der Waals surface area contributed by atoms with Gasteiger partial charge in [-0.25, -0.2) is 0 Å². The van der Waals surface area contributed by atoms with Gasteiger partial charge in [0, 0.05) is 11.9 Å². The smallest absolute Gasteiger partial charge is 0.550 e. The third-order valence-electron chi connectivity index (χ3n) is 10.9. The third-order valence-corrected chi connectivity index (χ3v) is 10.9. The summed E-state index contributed by atoms with van der Waals surface area (Å²) in [5.41, 5.74) is 3.02. The maximum atomic E-state index is 10.3. The van der Waals surface area contributed by atoms with E-state index in [1.807, 2.05) is 0 Å². The van der Waals surface area contributed by atoms with Crippen molar-refractivity contribution in [3.05, 3.63) is 71.8 Å². The van der Waals surface area contributed by atoms with E-state index >= 15 is 0 Å². The molecule has 0 saturated heterocycles. The van der Waals surface area contributed by atoms with Crippen LogP contribution in [0.25, 0.3) is 0 Å². The molecule has 296 valence electrons. The number of carboxylic acids is 2. The fraction of sp³-hybridized carbons (Fsp3) is 0.708. The third kappa shape index (κ3) is 32.1. The first-order chi connectivity index (χ1) is 25.5. The van der Waals surface area contributed by atoms with Gasteiger partial charge in [0.05, 0.1) is 0 Å². The minimum Gasteiger partial charge on any atom is -0.550 e. The minimum absolute atomic E-state index is 0. The molecule has 0 aliphatic rings. The van der Waals surface area contributed by atoms with Crippen molar-refractivity contribution < 1.29 is 19.8 Å². The van der Waals surface area contributed by atoms with Gasteiger partial charge in [0.2, 0.25) is 0 Å². The second kappa shape index (κ2) is 38.4. The van der Waals surface area contributed by atoms with Crippen LogP contribution in [-0.4, -0.2) is 35.0 Å². The van der Waals surface area contributed by atoms with Gasteiger partial charge in [-0.05, 0) is 74.3 Å². The van der Waals surface area contributed by atoms with Crippen molar-refractivity contribution in [2.45, 2.75) is 218 Å². The van der Waals surface area contributed by atoms with Crippen LogP contribution < -0.4 is 10.2 Å². The Balaban J connectivity index is 0.00000100. The summed E-state index contributed by atoms with van der Waals surface area (Å²) in [5.74, 6) is -0.337. The zero-order valence-corrected chi connectivity index (χ0v) is 35.9. The van der Waals surface area contributed by atoms with Crippen LogP contribution in [0.1, 0.15) is 229 Å². The molecule has 5 heteroatoms. The maximum absolute atomic E-state index is 10.3. The van der Waals surface area contributed by atoms with E-state index in [-0.39, 0.29) is 35.9 Å². The quantitative estimate of drug-likeness (QED) is 0.0528. The van der Waals surface area contributed by atoms with Gasteiger partial charge in [0.25, 0.3) is 0 Å². The van der Waals surface area contributed by atoms with E-state index in [0.29, 0.717) is 0 Å². The van der Waals surface area contributed by atoms with Gasteiger partial charge in [-0.1, -0.05) is 216 Å². The molecule has 4 nitrogen and oxygen atoms in total. The second-order valence-electron chi connectivity index (χ2n) is 15.3. The van der Waals surface area contributed by atoms with Crippen LogP contribution in [0.5, 0.6) is 0 Å². The van der Waals surface area contributed by atoms with Gasteiger partial charge in [0.1, 0.15) is 0 Å². The van der Waals surface area contributed by atoms with E-state index < -0.39 is 11.9 Å². The number of unbranched alkanes of at least 4 members (excludes halogenated alkanes) is 22. The van der Waals surface area contributed by atoms with E-state index in [2.05, 4.69) is 74.5 Å². The molecule has 0 radical (unpaired) electrons. The second-order valence-corrected chi connectivity index (χ2v) is 15.3. The Hall–Kier alpha value is -1.85. The number of carbonyl (C=O) groups is 2. The summed E-state index contributed by atoms with van der Waals surface area (Å²) in [5, 5.41) is 20.6. The number of rotatable bonds is 34. The van der Waals surface area contributed by atoms with Crippen molar-refractivity contribution in [3.8, 4) is 0 Å². The van der Waals surface area contributed by atoms with Crippen molar-refractivity contribution in [2.24, 2.45) is 0 Å². The fourth-order valence-corrected chi connectivity index (χ4v) is 7.52. The molecular weight excluding hydrogens is 665 g/mol. The number of hydrogen-bond acceptors (Lipinski definition) is 4. The zero-order chi connectivity index (χ0) is 37.7. The van der Waals surface area contributed by atoms with Crippen molar-refractivity contribution in [1.29, 1.82) is 0 Å². The molecule has 53 heavy (non-hydrogen) atoms. The van der Waals surface area contributed by atoms with Gasteiger partial charge < -0.3 is 19.8 Å². The van der Waals surface area contributed by atoms with Gasteiger partial charge in [-0.3, -0.25) is 0 Å². The van der Waals surface area contributed by atoms with Crippen molar-refractivity contribution in [3.63, 3.8) is 0 Å². The Morgan fingerprint density at radius 1 is 0.396 bits per heavy atom. The Kier molecular flexibility index (Phi) is 37.1. The summed E-state index contributed by atoms with van der Waals surface area (Å²) in [4.78, 5) is 20.6. The molecule has 0 spiro atoms. The van der Waals surface area contributed by atoms with Crippen LogP contribution in [0.4, 0.5) is 0 Å². The van der Waals surface area contributed by atoms with Crippen molar-refractivity contribution in [1.82, 2.24) is 0 Å². The molecule has 0 bridgehead atoms. The molecule has 0 aliphatic carbocycles. The van der Waals surface area contributed by atoms with Crippen LogP contribution in [0, 0.1) is 0 Å². The molecule has 0 saturated carbocycles. The average molecular weight is 743 g/mol. The van der Waals surface area contributed by atoms with Crippen molar-refractivity contribution in [2.75, 3.05) is 0 Å². The average Bonchev–Trinajstić information content (AvgIpc) is 3.15. The van der Waals surface area contributed by atoms with Crippen LogP contribution in [-0.2, 0) is 9.59 Å². The monoisotopic (exact) mass is 743 g/mol. The van der Waals surface area contributed by atoms with Gasteiger partial charge in [-0.2, -0.15) is 0 Å². The SMILES string of the molecule is CCC(CCCCCCCCCCCCCCC(=O)[O-])c1ccccc1.CCC(CCCCCCCCCCCCCCC(=O)[O-])c1ccccc1.[Mg+2]. The van der Waals surface area contributed by atoms with E-state index in [0.717, 1.165) is 37.5 Å². The molecule has 0 N–H and O–H groups in total. The van der Waals surface area contributed by atoms with E-state index in [1.165, 1.54) is 165 Å². The van der Waals surface area contributed by atoms with E-state index in [4.69, 9.17) is 0 Å². The van der Waals surface area contributed by atoms with E-state index in [9.17, 15) is 19.8 Å². The normalized spacial score (nSPS) is 12.0. The Labute approximate surface area is 343 Å². The minimum atomic E-state index is -0.907. The van der Waals surface area contributed by atoms with Gasteiger partial charge in [0.15, 0.2) is 0 Å². The molecule has 2 unspecified atom stereocenters. The first-order valence-electron chi connectivity index (χ1n) is 22.0. The number of hydrogen-bond donors (Lipinski definition) is 0. The molecule has 2 atom stereocenters. The predicted octanol–water partition coefficient (Wildman–Crippen LogP) is 12.4. The van der Waals surface area contributed by atoms with Crippen LogP contribution in [0.15, 0.2) is 60.7 Å². The Morgan fingerprint density at radius 2 is 0.623 bits per heavy atom.